The minimum Gasteiger partial charge on any atom is -0.367 e. The first kappa shape index (κ1) is 17.7. The first-order valence-electron chi connectivity index (χ1n) is 10.9. The van der Waals surface area contributed by atoms with Crippen molar-refractivity contribution in [2.45, 2.75) is 31.7 Å². The van der Waals surface area contributed by atoms with Crippen molar-refractivity contribution in [3.63, 3.8) is 0 Å². The molecule has 1 aromatic carbocycles. The summed E-state index contributed by atoms with van der Waals surface area (Å²) in [6, 6.07) is 7.92. The fourth-order valence-electron chi connectivity index (χ4n) is 5.94. The van der Waals surface area contributed by atoms with Gasteiger partial charge in [0, 0.05) is 38.8 Å². The van der Waals surface area contributed by atoms with Gasteiger partial charge in [-0.15, -0.1) is 0 Å². The van der Waals surface area contributed by atoms with E-state index in [9.17, 15) is 4.39 Å². The van der Waals surface area contributed by atoms with Gasteiger partial charge in [-0.1, -0.05) is 24.3 Å². The maximum atomic E-state index is 14.0. The highest BCUT2D eigenvalue weighted by Gasteiger charge is 2.37. The number of piperazine rings is 1. The predicted octanol–water partition coefficient (Wildman–Crippen LogP) is 3.62. The van der Waals surface area contributed by atoms with Gasteiger partial charge in [-0.25, -0.2) is 4.39 Å². The molecule has 0 amide bonds. The summed E-state index contributed by atoms with van der Waals surface area (Å²) in [5.41, 5.74) is 0.770. The molecule has 0 radical (unpaired) electrons. The van der Waals surface area contributed by atoms with E-state index in [4.69, 9.17) is 0 Å². The van der Waals surface area contributed by atoms with Gasteiger partial charge in [0.05, 0.1) is 5.69 Å². The number of likely N-dealkylation sites (tertiary alicyclic amines) is 1. The van der Waals surface area contributed by atoms with E-state index in [1.54, 1.807) is 12.1 Å². The van der Waals surface area contributed by atoms with Crippen LogP contribution in [0.5, 0.6) is 0 Å². The first-order valence-corrected chi connectivity index (χ1v) is 10.9. The number of hydrogen-bond donors (Lipinski definition) is 0. The van der Waals surface area contributed by atoms with Crippen LogP contribution in [0.3, 0.4) is 0 Å². The molecule has 2 aliphatic heterocycles. The van der Waals surface area contributed by atoms with E-state index in [0.29, 0.717) is 0 Å². The lowest BCUT2D eigenvalue weighted by Crippen LogP contribution is -2.53. The smallest absolute Gasteiger partial charge is 0.146 e. The molecule has 2 bridgehead atoms. The fraction of sp³-hybridized carbons (Fsp3) is 0.652. The molecule has 146 valence electrons. The summed E-state index contributed by atoms with van der Waals surface area (Å²) < 4.78 is 14.0. The molecule has 2 aliphatic carbocycles. The number of para-hydroxylation sites is 1. The average Bonchev–Trinajstić information content (AvgIpc) is 3.32. The lowest BCUT2D eigenvalue weighted by Gasteiger charge is -2.44. The molecule has 4 heteroatoms. The molecule has 2 saturated heterocycles. The number of halogens is 1. The van der Waals surface area contributed by atoms with Crippen LogP contribution < -0.4 is 4.90 Å². The highest BCUT2D eigenvalue weighted by atomic mass is 19.1. The number of anilines is 1. The summed E-state index contributed by atoms with van der Waals surface area (Å²) in [5, 5.41) is 0. The zero-order valence-electron chi connectivity index (χ0n) is 16.3. The zero-order chi connectivity index (χ0) is 18.2. The second-order valence-electron chi connectivity index (χ2n) is 9.05. The maximum Gasteiger partial charge on any atom is 0.146 e. The van der Waals surface area contributed by atoms with Crippen LogP contribution in [0.4, 0.5) is 10.1 Å². The second-order valence-corrected chi connectivity index (χ2v) is 9.05. The summed E-state index contributed by atoms with van der Waals surface area (Å²) in [4.78, 5) is 7.60. The van der Waals surface area contributed by atoms with Crippen molar-refractivity contribution in [3.8, 4) is 0 Å². The molecule has 0 N–H and O–H groups in total. The van der Waals surface area contributed by atoms with Crippen molar-refractivity contribution < 1.29 is 4.39 Å². The number of nitrogens with zero attached hydrogens (tertiary/aromatic N) is 3. The van der Waals surface area contributed by atoms with E-state index in [2.05, 4.69) is 26.9 Å². The van der Waals surface area contributed by atoms with Crippen LogP contribution in [0.2, 0.25) is 0 Å². The van der Waals surface area contributed by atoms with Crippen LogP contribution >= 0.6 is 0 Å². The summed E-state index contributed by atoms with van der Waals surface area (Å²) in [7, 11) is 0. The number of hydrogen-bond acceptors (Lipinski definition) is 3. The Labute approximate surface area is 162 Å². The zero-order valence-corrected chi connectivity index (χ0v) is 16.3. The molecule has 0 unspecified atom stereocenters. The number of piperidine rings is 1. The van der Waals surface area contributed by atoms with Crippen molar-refractivity contribution in [1.82, 2.24) is 9.80 Å². The summed E-state index contributed by atoms with van der Waals surface area (Å²) in [6.45, 7) is 7.86. The molecule has 2 heterocycles. The monoisotopic (exact) mass is 369 g/mol. The van der Waals surface area contributed by atoms with Crippen LogP contribution in [0.1, 0.15) is 25.7 Å². The molecule has 3 fully saturated rings. The van der Waals surface area contributed by atoms with E-state index < -0.39 is 0 Å². The highest BCUT2D eigenvalue weighted by Crippen LogP contribution is 2.43. The van der Waals surface area contributed by atoms with Gasteiger partial charge in [0.2, 0.25) is 0 Å². The Morgan fingerprint density at radius 3 is 2.33 bits per heavy atom. The highest BCUT2D eigenvalue weighted by molar-refractivity contribution is 5.48. The van der Waals surface area contributed by atoms with Gasteiger partial charge in [-0.3, -0.25) is 4.90 Å². The van der Waals surface area contributed by atoms with Gasteiger partial charge >= 0.3 is 0 Å². The topological polar surface area (TPSA) is 9.72 Å². The third-order valence-corrected chi connectivity index (χ3v) is 7.49. The number of allylic oxidation sites excluding steroid dienone is 2. The van der Waals surface area contributed by atoms with Crippen molar-refractivity contribution in [3.05, 3.63) is 42.2 Å². The van der Waals surface area contributed by atoms with E-state index in [1.165, 1.54) is 45.3 Å². The molecule has 3 atom stereocenters. The summed E-state index contributed by atoms with van der Waals surface area (Å²) >= 11 is 0. The molecule has 0 spiro atoms. The normalized spacial score (nSPS) is 32.5. The molecule has 3 nitrogen and oxygen atoms in total. The minimum atomic E-state index is -0.0882. The van der Waals surface area contributed by atoms with Crippen LogP contribution in [-0.4, -0.2) is 61.7 Å². The van der Waals surface area contributed by atoms with Gasteiger partial charge in [0.15, 0.2) is 0 Å². The molecular formula is C23H32FN3. The Balaban J connectivity index is 1.08. The largest absolute Gasteiger partial charge is 0.367 e. The Bertz CT molecular complexity index is 674. The minimum absolute atomic E-state index is 0.0882. The van der Waals surface area contributed by atoms with Crippen molar-refractivity contribution in [2.24, 2.45) is 17.8 Å². The van der Waals surface area contributed by atoms with Crippen molar-refractivity contribution in [2.75, 3.05) is 50.7 Å². The van der Waals surface area contributed by atoms with E-state index >= 15 is 0 Å². The maximum absolute atomic E-state index is 14.0. The molecule has 27 heavy (non-hydrogen) atoms. The number of benzene rings is 1. The van der Waals surface area contributed by atoms with Crippen LogP contribution in [0.25, 0.3) is 0 Å². The molecular weight excluding hydrogens is 337 g/mol. The van der Waals surface area contributed by atoms with Crippen LogP contribution in [-0.2, 0) is 0 Å². The van der Waals surface area contributed by atoms with E-state index in [-0.39, 0.29) is 5.82 Å². The van der Waals surface area contributed by atoms with Crippen LogP contribution in [0, 0.1) is 23.6 Å². The molecule has 5 rings (SSSR count). The number of fused-ring (bicyclic) bond motifs is 2. The average molecular weight is 370 g/mol. The SMILES string of the molecule is Fc1ccccc1N1CCN(C2CCN(C[C@@H]3C[C@H]4C=C[C@H]3C4)CC2)CC1. The van der Waals surface area contributed by atoms with Gasteiger partial charge < -0.3 is 9.80 Å². The fourth-order valence-corrected chi connectivity index (χ4v) is 5.94. The predicted molar refractivity (Wildman–Crippen MR) is 108 cm³/mol. The Hall–Kier alpha value is -1.39. The molecule has 0 aromatic heterocycles. The lowest BCUT2D eigenvalue weighted by atomic mass is 9.92. The van der Waals surface area contributed by atoms with Gasteiger partial charge in [-0.2, -0.15) is 0 Å². The van der Waals surface area contributed by atoms with Gasteiger partial charge in [0.1, 0.15) is 5.82 Å². The molecule has 4 aliphatic rings. The Morgan fingerprint density at radius 2 is 1.67 bits per heavy atom. The Morgan fingerprint density at radius 1 is 0.889 bits per heavy atom. The third-order valence-electron chi connectivity index (χ3n) is 7.49. The summed E-state index contributed by atoms with van der Waals surface area (Å²) in [6.07, 6.45) is 10.4. The van der Waals surface area contributed by atoms with Crippen molar-refractivity contribution in [1.29, 1.82) is 0 Å². The third kappa shape index (κ3) is 3.66. The molecule has 1 saturated carbocycles. The quantitative estimate of drug-likeness (QED) is 0.751. The van der Waals surface area contributed by atoms with Crippen molar-refractivity contribution >= 4 is 5.69 Å². The van der Waals surface area contributed by atoms with Gasteiger partial charge in [0.25, 0.3) is 0 Å². The Kier molecular flexibility index (Phi) is 4.95. The van der Waals surface area contributed by atoms with Crippen LogP contribution in [0.15, 0.2) is 36.4 Å². The first-order chi connectivity index (χ1) is 13.3. The second kappa shape index (κ2) is 7.56. The standard InChI is InChI=1S/C23H32FN3/c24-22-3-1-2-4-23(22)27-13-11-26(12-14-27)21-7-9-25(10-8-21)17-20-16-18-5-6-19(20)15-18/h1-6,18-21H,7-17H2/t18-,19-,20-/m0/s1. The summed E-state index contributed by atoms with van der Waals surface area (Å²) in [5.74, 6) is 2.60. The number of rotatable bonds is 4. The van der Waals surface area contributed by atoms with E-state index in [0.717, 1.165) is 55.7 Å². The van der Waals surface area contributed by atoms with E-state index in [1.807, 2.05) is 12.1 Å². The lowest BCUT2D eigenvalue weighted by molar-refractivity contribution is 0.0918. The van der Waals surface area contributed by atoms with Gasteiger partial charge in [-0.05, 0) is 68.7 Å². The molecule has 1 aromatic rings.